The van der Waals surface area contributed by atoms with Gasteiger partial charge in [0.2, 0.25) is 0 Å². The zero-order chi connectivity index (χ0) is 21.5. The fourth-order valence-electron chi connectivity index (χ4n) is 2.27. The Morgan fingerprint density at radius 1 is 0.517 bits per heavy atom. The number of nitrogens with two attached hydrogens (primary N) is 2. The molecule has 152 valence electrons. The van der Waals surface area contributed by atoms with Gasteiger partial charge in [-0.2, -0.15) is 0 Å². The summed E-state index contributed by atoms with van der Waals surface area (Å²) in [5, 5.41) is 0.987. The molecule has 4 N–H and O–H groups in total. The lowest BCUT2D eigenvalue weighted by Crippen LogP contribution is -1.95. The van der Waals surface area contributed by atoms with Crippen LogP contribution >= 0.6 is 81.2 Å². The highest BCUT2D eigenvalue weighted by Gasteiger charge is 2.21. The van der Waals surface area contributed by atoms with Crippen LogP contribution in [0.5, 0.6) is 23.0 Å². The molecule has 3 rings (SSSR count). The largest absolute Gasteiger partial charge is 0.454 e. The van der Waals surface area contributed by atoms with Gasteiger partial charge >= 0.3 is 0 Å². The van der Waals surface area contributed by atoms with Crippen LogP contribution < -0.4 is 20.9 Å². The Hall–Kier alpha value is -1.11. The van der Waals surface area contributed by atoms with Crippen molar-refractivity contribution in [2.45, 2.75) is 0 Å². The van der Waals surface area contributed by atoms with E-state index in [0.717, 1.165) is 0 Å². The molecule has 4 nitrogen and oxygen atoms in total. The van der Waals surface area contributed by atoms with Gasteiger partial charge in [0.15, 0.2) is 11.5 Å². The molecule has 0 atom stereocenters. The van der Waals surface area contributed by atoms with Crippen LogP contribution in [0.15, 0.2) is 30.3 Å². The van der Waals surface area contributed by atoms with E-state index in [0.29, 0.717) is 10.0 Å². The first-order valence-electron chi connectivity index (χ1n) is 7.60. The molecule has 11 heteroatoms. The average molecular weight is 533 g/mol. The number of halogens is 7. The lowest BCUT2D eigenvalue weighted by atomic mass is 10.2. The third-order valence-electron chi connectivity index (χ3n) is 3.58. The maximum Gasteiger partial charge on any atom is 0.170 e. The first kappa shape index (κ1) is 22.6. The standard InChI is InChI=1S/C18H9Cl7N2O2/c19-6-1-9(26)15(23)11(3-6)28-13-5-8(21)14(22)18(17(13)25)29-12-4-7(20)2-10(27)16(12)24/h1-5H,26-27H2. The van der Waals surface area contributed by atoms with Gasteiger partial charge in [-0.3, -0.25) is 0 Å². The molecule has 0 spiro atoms. The van der Waals surface area contributed by atoms with Gasteiger partial charge in [-0.05, 0) is 12.1 Å². The van der Waals surface area contributed by atoms with E-state index in [9.17, 15) is 0 Å². The maximum atomic E-state index is 6.44. The molecule has 0 aliphatic carbocycles. The van der Waals surface area contributed by atoms with Gasteiger partial charge in [0.1, 0.15) is 31.6 Å². The van der Waals surface area contributed by atoms with E-state index >= 15 is 0 Å². The second kappa shape index (κ2) is 8.94. The van der Waals surface area contributed by atoms with Crippen molar-refractivity contribution in [1.29, 1.82) is 0 Å². The summed E-state index contributed by atoms with van der Waals surface area (Å²) in [5.41, 5.74) is 12.0. The van der Waals surface area contributed by atoms with Crippen LogP contribution in [-0.4, -0.2) is 0 Å². The Labute approximate surface area is 201 Å². The highest BCUT2D eigenvalue weighted by atomic mass is 35.5. The minimum atomic E-state index is -0.0227. The number of ether oxygens (including phenoxy) is 2. The van der Waals surface area contributed by atoms with E-state index < -0.39 is 0 Å². The van der Waals surface area contributed by atoms with Crippen LogP contribution in [-0.2, 0) is 0 Å². The summed E-state index contributed by atoms with van der Waals surface area (Å²) in [5.74, 6) is 0.350. The van der Waals surface area contributed by atoms with Gasteiger partial charge < -0.3 is 20.9 Å². The van der Waals surface area contributed by atoms with Crippen molar-refractivity contribution in [2.75, 3.05) is 11.5 Å². The van der Waals surface area contributed by atoms with E-state index in [1.54, 1.807) is 0 Å². The van der Waals surface area contributed by atoms with Crippen LogP contribution in [0.1, 0.15) is 0 Å². The third-order valence-corrected chi connectivity index (χ3v) is 5.95. The van der Waals surface area contributed by atoms with Gasteiger partial charge in [-0.15, -0.1) is 0 Å². The summed E-state index contributed by atoms with van der Waals surface area (Å²) in [6.45, 7) is 0. The van der Waals surface area contributed by atoms with E-state index in [-0.39, 0.29) is 59.5 Å². The van der Waals surface area contributed by atoms with Gasteiger partial charge in [0.25, 0.3) is 0 Å². The van der Waals surface area contributed by atoms with Crippen LogP contribution in [0.3, 0.4) is 0 Å². The first-order chi connectivity index (χ1) is 13.6. The van der Waals surface area contributed by atoms with Crippen LogP contribution in [0, 0.1) is 0 Å². The molecule has 3 aromatic carbocycles. The average Bonchev–Trinajstić information content (AvgIpc) is 2.64. The van der Waals surface area contributed by atoms with E-state index in [1.807, 2.05) is 0 Å². The van der Waals surface area contributed by atoms with Crippen LogP contribution in [0.2, 0.25) is 35.2 Å². The lowest BCUT2D eigenvalue weighted by molar-refractivity contribution is 0.461. The van der Waals surface area contributed by atoms with Gasteiger partial charge in [0, 0.05) is 28.2 Å². The normalized spacial score (nSPS) is 10.9. The second-order valence-electron chi connectivity index (χ2n) is 5.63. The molecule has 0 fully saturated rings. The smallest absolute Gasteiger partial charge is 0.170 e. The van der Waals surface area contributed by atoms with E-state index in [1.165, 1.54) is 30.3 Å². The van der Waals surface area contributed by atoms with Crippen LogP contribution in [0.25, 0.3) is 0 Å². The topological polar surface area (TPSA) is 70.5 Å². The summed E-state index contributed by atoms with van der Waals surface area (Å²) in [7, 11) is 0. The Morgan fingerprint density at radius 2 is 0.966 bits per heavy atom. The quantitative estimate of drug-likeness (QED) is 0.259. The molecule has 0 aliphatic heterocycles. The van der Waals surface area contributed by atoms with Crippen molar-refractivity contribution in [3.63, 3.8) is 0 Å². The molecule has 0 unspecified atom stereocenters. The molecule has 0 amide bonds. The fourth-order valence-corrected chi connectivity index (χ4v) is 3.64. The molecule has 0 radical (unpaired) electrons. The summed E-state index contributed by atoms with van der Waals surface area (Å²) in [6, 6.07) is 7.25. The monoisotopic (exact) mass is 530 g/mol. The minimum absolute atomic E-state index is 0.0105. The maximum absolute atomic E-state index is 6.44. The molecule has 0 aliphatic rings. The van der Waals surface area contributed by atoms with Gasteiger partial charge in [0.05, 0.1) is 16.4 Å². The molecule has 0 saturated heterocycles. The van der Waals surface area contributed by atoms with Gasteiger partial charge in [-0.25, -0.2) is 0 Å². The molecular weight excluding hydrogens is 524 g/mol. The summed E-state index contributed by atoms with van der Waals surface area (Å²) in [6.07, 6.45) is 0. The number of hydrogen-bond acceptors (Lipinski definition) is 4. The summed E-state index contributed by atoms with van der Waals surface area (Å²) in [4.78, 5) is 0. The van der Waals surface area contributed by atoms with Crippen molar-refractivity contribution >= 4 is 92.6 Å². The highest BCUT2D eigenvalue weighted by Crippen LogP contribution is 2.49. The number of benzene rings is 3. The Kier molecular flexibility index (Phi) is 6.96. The van der Waals surface area contributed by atoms with E-state index in [2.05, 4.69) is 0 Å². The zero-order valence-corrected chi connectivity index (χ0v) is 19.3. The minimum Gasteiger partial charge on any atom is -0.454 e. The Bertz CT molecular complexity index is 1120. The van der Waals surface area contributed by atoms with Crippen molar-refractivity contribution in [1.82, 2.24) is 0 Å². The van der Waals surface area contributed by atoms with Crippen molar-refractivity contribution in [3.05, 3.63) is 65.5 Å². The molecule has 0 heterocycles. The predicted molar refractivity (Wildman–Crippen MR) is 123 cm³/mol. The van der Waals surface area contributed by atoms with Gasteiger partial charge in [-0.1, -0.05) is 81.2 Å². The second-order valence-corrected chi connectivity index (χ2v) is 8.42. The van der Waals surface area contributed by atoms with Crippen molar-refractivity contribution in [3.8, 4) is 23.0 Å². The van der Waals surface area contributed by atoms with Crippen molar-refractivity contribution in [2.24, 2.45) is 0 Å². The zero-order valence-electron chi connectivity index (χ0n) is 14.0. The third kappa shape index (κ3) is 4.80. The molecule has 0 bridgehead atoms. The Morgan fingerprint density at radius 3 is 1.48 bits per heavy atom. The first-order valence-corrected chi connectivity index (χ1v) is 10.2. The lowest BCUT2D eigenvalue weighted by Gasteiger charge is -2.17. The fraction of sp³-hybridized carbons (Fsp3) is 0. The predicted octanol–water partition coefficient (Wildman–Crippen LogP) is 9.01. The van der Waals surface area contributed by atoms with Crippen LogP contribution in [0.4, 0.5) is 11.4 Å². The van der Waals surface area contributed by atoms with E-state index in [4.69, 9.17) is 102 Å². The number of hydrogen-bond donors (Lipinski definition) is 2. The molecule has 0 aromatic heterocycles. The number of rotatable bonds is 4. The summed E-state index contributed by atoms with van der Waals surface area (Å²) < 4.78 is 11.5. The molecular formula is C18H9Cl7N2O2. The number of anilines is 2. The summed E-state index contributed by atoms with van der Waals surface area (Å²) >= 11 is 43.3. The highest BCUT2D eigenvalue weighted by molar-refractivity contribution is 6.45. The molecule has 29 heavy (non-hydrogen) atoms. The molecule has 0 saturated carbocycles. The Balaban J connectivity index is 2.08. The SMILES string of the molecule is Nc1cc(Cl)cc(Oc2cc(Cl)c(Cl)c(Oc3cc(Cl)cc(N)c3Cl)c2Cl)c1Cl. The molecule has 3 aromatic rings. The van der Waals surface area contributed by atoms with Crippen molar-refractivity contribution < 1.29 is 9.47 Å². The number of nitrogen functional groups attached to an aromatic ring is 2.